The summed E-state index contributed by atoms with van der Waals surface area (Å²) in [4.78, 5) is 0. The Kier molecular flexibility index (Phi) is 3.79. The van der Waals surface area contributed by atoms with E-state index in [1.165, 1.54) is 12.1 Å². The largest absolute Gasteiger partial charge is 0.204 e. The molecule has 0 aliphatic heterocycles. The summed E-state index contributed by atoms with van der Waals surface area (Å²) >= 11 is 9.37. The van der Waals surface area contributed by atoms with Gasteiger partial charge in [0.1, 0.15) is 0 Å². The van der Waals surface area contributed by atoms with E-state index in [2.05, 4.69) is 15.9 Å². The van der Waals surface area contributed by atoms with Gasteiger partial charge in [-0.3, -0.25) is 0 Å². The van der Waals surface area contributed by atoms with E-state index in [1.807, 2.05) is 6.07 Å². The van der Waals surface area contributed by atoms with Crippen LogP contribution in [0.5, 0.6) is 0 Å². The number of rotatable bonds is 2. The summed E-state index contributed by atoms with van der Waals surface area (Å²) in [5, 5.41) is 0.935. The van der Waals surface area contributed by atoms with Crippen molar-refractivity contribution in [3.63, 3.8) is 0 Å². The molecule has 0 bridgehead atoms. The maximum absolute atomic E-state index is 13.7. The van der Waals surface area contributed by atoms with Crippen molar-refractivity contribution in [1.82, 2.24) is 0 Å². The fourth-order valence-electron chi connectivity index (χ4n) is 1.68. The molecule has 0 spiro atoms. The zero-order valence-corrected chi connectivity index (χ0v) is 11.0. The van der Waals surface area contributed by atoms with Crippen molar-refractivity contribution >= 4 is 27.5 Å². The number of halogens is 4. The van der Waals surface area contributed by atoms with Gasteiger partial charge in [-0.15, -0.1) is 0 Å². The van der Waals surface area contributed by atoms with Crippen LogP contribution in [0, 0.1) is 11.6 Å². The van der Waals surface area contributed by atoms with Gasteiger partial charge < -0.3 is 0 Å². The molecule has 0 aliphatic carbocycles. The molecular weight excluding hydrogens is 309 g/mol. The molecule has 88 valence electrons. The van der Waals surface area contributed by atoms with Crippen LogP contribution in [0.15, 0.2) is 36.4 Å². The summed E-state index contributed by atoms with van der Waals surface area (Å²) in [6.07, 6.45) is 0. The molecule has 2 aromatic carbocycles. The lowest BCUT2D eigenvalue weighted by molar-refractivity contribution is 0.511. The maximum atomic E-state index is 13.7. The van der Waals surface area contributed by atoms with Gasteiger partial charge in [-0.25, -0.2) is 8.78 Å². The van der Waals surface area contributed by atoms with Crippen molar-refractivity contribution in [2.24, 2.45) is 0 Å². The molecule has 4 heteroatoms. The van der Waals surface area contributed by atoms with Crippen LogP contribution in [-0.2, 0) is 5.33 Å². The monoisotopic (exact) mass is 316 g/mol. The molecule has 0 aromatic heterocycles. The zero-order valence-electron chi connectivity index (χ0n) is 8.68. The Morgan fingerprint density at radius 1 is 1.06 bits per heavy atom. The van der Waals surface area contributed by atoms with Crippen molar-refractivity contribution in [1.29, 1.82) is 0 Å². The maximum Gasteiger partial charge on any atom is 0.166 e. The van der Waals surface area contributed by atoms with E-state index in [0.29, 0.717) is 15.9 Å². The Morgan fingerprint density at radius 2 is 1.76 bits per heavy atom. The lowest BCUT2D eigenvalue weighted by atomic mass is 10.00. The summed E-state index contributed by atoms with van der Waals surface area (Å²) < 4.78 is 26.9. The highest BCUT2D eigenvalue weighted by Crippen LogP contribution is 2.34. The molecule has 0 N–H and O–H groups in total. The minimum absolute atomic E-state index is 0.185. The van der Waals surface area contributed by atoms with Gasteiger partial charge >= 0.3 is 0 Å². The van der Waals surface area contributed by atoms with E-state index >= 15 is 0 Å². The Labute approximate surface area is 111 Å². The van der Waals surface area contributed by atoms with Gasteiger partial charge in [0.05, 0.1) is 0 Å². The summed E-state index contributed by atoms with van der Waals surface area (Å²) in [5.74, 6) is -1.74. The highest BCUT2D eigenvalue weighted by molar-refractivity contribution is 9.08. The first kappa shape index (κ1) is 12.5. The predicted octanol–water partition coefficient (Wildman–Crippen LogP) is 5.18. The average molecular weight is 318 g/mol. The standard InChI is InChI=1S/C13H8BrClF2/c14-7-8-3-1-5-10(15)12(8)9-4-2-6-11(16)13(9)17/h1-6H,7H2. The van der Waals surface area contributed by atoms with Crippen molar-refractivity contribution < 1.29 is 8.78 Å². The van der Waals surface area contributed by atoms with Gasteiger partial charge in [-0.2, -0.15) is 0 Å². The van der Waals surface area contributed by atoms with E-state index in [-0.39, 0.29) is 5.56 Å². The molecule has 0 atom stereocenters. The quantitative estimate of drug-likeness (QED) is 0.669. The van der Waals surface area contributed by atoms with E-state index in [0.717, 1.165) is 11.6 Å². The van der Waals surface area contributed by atoms with Crippen molar-refractivity contribution in [3.05, 3.63) is 58.6 Å². The van der Waals surface area contributed by atoms with Crippen LogP contribution >= 0.6 is 27.5 Å². The molecule has 0 heterocycles. The molecule has 17 heavy (non-hydrogen) atoms. The first-order chi connectivity index (χ1) is 8.15. The van der Waals surface area contributed by atoms with E-state index in [4.69, 9.17) is 11.6 Å². The van der Waals surface area contributed by atoms with Crippen LogP contribution in [0.1, 0.15) is 5.56 Å². The van der Waals surface area contributed by atoms with Crippen LogP contribution in [0.4, 0.5) is 8.78 Å². The number of alkyl halides is 1. The Bertz CT molecular complexity index is 555. The number of hydrogen-bond donors (Lipinski definition) is 0. The van der Waals surface area contributed by atoms with Gasteiger partial charge in [-0.05, 0) is 17.7 Å². The van der Waals surface area contributed by atoms with Crippen molar-refractivity contribution in [2.45, 2.75) is 5.33 Å². The van der Waals surface area contributed by atoms with Crippen LogP contribution < -0.4 is 0 Å². The van der Waals surface area contributed by atoms with Gasteiger partial charge in [0, 0.05) is 21.5 Å². The summed E-state index contributed by atoms with van der Waals surface area (Å²) in [7, 11) is 0. The topological polar surface area (TPSA) is 0 Å². The van der Waals surface area contributed by atoms with Crippen LogP contribution in [0.3, 0.4) is 0 Å². The van der Waals surface area contributed by atoms with Crippen molar-refractivity contribution in [2.75, 3.05) is 0 Å². The van der Waals surface area contributed by atoms with Crippen LogP contribution in [-0.4, -0.2) is 0 Å². The van der Waals surface area contributed by atoms with E-state index in [1.54, 1.807) is 12.1 Å². The molecule has 2 aromatic rings. The molecule has 0 nitrogen and oxygen atoms in total. The molecule has 0 fully saturated rings. The first-order valence-electron chi connectivity index (χ1n) is 4.93. The zero-order chi connectivity index (χ0) is 12.4. The van der Waals surface area contributed by atoms with Crippen LogP contribution in [0.2, 0.25) is 5.02 Å². The van der Waals surface area contributed by atoms with E-state index < -0.39 is 11.6 Å². The Hall–Kier alpha value is -0.930. The highest BCUT2D eigenvalue weighted by atomic mass is 79.9. The smallest absolute Gasteiger partial charge is 0.166 e. The molecular formula is C13H8BrClF2. The molecule has 0 saturated heterocycles. The third kappa shape index (κ3) is 2.35. The molecule has 2 rings (SSSR count). The third-order valence-corrected chi connectivity index (χ3v) is 3.38. The lowest BCUT2D eigenvalue weighted by Gasteiger charge is -2.11. The third-order valence-electron chi connectivity index (χ3n) is 2.46. The van der Waals surface area contributed by atoms with Gasteiger partial charge in [0.25, 0.3) is 0 Å². The lowest BCUT2D eigenvalue weighted by Crippen LogP contribution is -1.93. The summed E-state index contributed by atoms with van der Waals surface area (Å²) in [5.41, 5.74) is 1.54. The fraction of sp³-hybridized carbons (Fsp3) is 0.0769. The highest BCUT2D eigenvalue weighted by Gasteiger charge is 2.15. The molecule has 0 unspecified atom stereocenters. The van der Waals surface area contributed by atoms with Crippen molar-refractivity contribution in [3.8, 4) is 11.1 Å². The molecule has 0 saturated carbocycles. The van der Waals surface area contributed by atoms with Gasteiger partial charge in [-0.1, -0.05) is 51.8 Å². The predicted molar refractivity (Wildman–Crippen MR) is 69.4 cm³/mol. The van der Waals surface area contributed by atoms with E-state index in [9.17, 15) is 8.78 Å². The van der Waals surface area contributed by atoms with Crippen LogP contribution in [0.25, 0.3) is 11.1 Å². The van der Waals surface area contributed by atoms with Gasteiger partial charge in [0.15, 0.2) is 11.6 Å². The fourth-order valence-corrected chi connectivity index (χ4v) is 2.44. The minimum Gasteiger partial charge on any atom is -0.204 e. The molecule has 0 amide bonds. The second-order valence-electron chi connectivity index (χ2n) is 3.51. The Balaban J connectivity index is 2.72. The number of hydrogen-bond acceptors (Lipinski definition) is 0. The normalized spacial score (nSPS) is 10.6. The second kappa shape index (κ2) is 5.15. The first-order valence-corrected chi connectivity index (χ1v) is 6.43. The molecule has 0 aliphatic rings. The average Bonchev–Trinajstić information content (AvgIpc) is 2.33. The summed E-state index contributed by atoms with van der Waals surface area (Å²) in [6.45, 7) is 0. The summed E-state index contributed by atoms with van der Waals surface area (Å²) in [6, 6.07) is 9.33. The molecule has 0 radical (unpaired) electrons. The number of benzene rings is 2. The second-order valence-corrected chi connectivity index (χ2v) is 4.48. The SMILES string of the molecule is Fc1cccc(-c2c(Cl)cccc2CBr)c1F. The Morgan fingerprint density at radius 3 is 2.47 bits per heavy atom. The minimum atomic E-state index is -0.872. The van der Waals surface area contributed by atoms with Gasteiger partial charge in [0.2, 0.25) is 0 Å².